The van der Waals surface area contributed by atoms with Gasteiger partial charge >= 0.3 is 11.9 Å². The first-order chi connectivity index (χ1) is 14.8. The molecule has 31 heavy (non-hydrogen) atoms. The van der Waals surface area contributed by atoms with Gasteiger partial charge in [0.2, 0.25) is 0 Å². The molecule has 1 aromatic rings. The number of alkyl halides is 3. The Morgan fingerprint density at radius 2 is 2.03 bits per heavy atom. The molecule has 3 rings (SSSR count). The summed E-state index contributed by atoms with van der Waals surface area (Å²) in [6.45, 7) is 3.00. The maximum atomic E-state index is 12.8. The maximum Gasteiger partial charge on any atom is 0.395 e. The number of nitro benzene ring substituents is 1. The van der Waals surface area contributed by atoms with Crippen LogP contribution in [-0.2, 0) is 4.74 Å². The minimum atomic E-state index is -4.28. The molecule has 0 spiro atoms. The molecule has 0 aromatic heterocycles. The second-order valence-electron chi connectivity index (χ2n) is 7.12. The van der Waals surface area contributed by atoms with Crippen molar-refractivity contribution in [3.63, 3.8) is 0 Å². The highest BCUT2D eigenvalue weighted by atomic mass is 19.4. The number of benzene rings is 1. The van der Waals surface area contributed by atoms with Crippen molar-refractivity contribution in [2.75, 3.05) is 44.2 Å². The third kappa shape index (κ3) is 5.68. The van der Waals surface area contributed by atoms with E-state index in [2.05, 4.69) is 14.9 Å². The van der Waals surface area contributed by atoms with Gasteiger partial charge in [-0.25, -0.2) is 0 Å². The lowest BCUT2D eigenvalue weighted by Gasteiger charge is -2.35. The first-order valence-corrected chi connectivity index (χ1v) is 9.67. The van der Waals surface area contributed by atoms with Crippen molar-refractivity contribution in [1.82, 2.24) is 4.90 Å². The standard InChI is InChI=1S/C19H21F3N6O3/c20-19(21,22)14-3-1-4-15(13-14)31-12-11-26-7-9-27(10-8-26)17-6-2-5-16(24-25-23)18(17)28(29)30/h1-2,4-6,13-14H,3,7-12H2. The fraction of sp³-hybridized carbons (Fsp3) is 0.474. The predicted molar refractivity (Wildman–Crippen MR) is 108 cm³/mol. The van der Waals surface area contributed by atoms with Crippen LogP contribution < -0.4 is 4.90 Å². The Labute approximate surface area is 176 Å². The van der Waals surface area contributed by atoms with Gasteiger partial charge in [0, 0.05) is 37.6 Å². The van der Waals surface area contributed by atoms with Gasteiger partial charge in [-0.1, -0.05) is 17.3 Å². The summed E-state index contributed by atoms with van der Waals surface area (Å²) in [5, 5.41) is 14.9. The lowest BCUT2D eigenvalue weighted by molar-refractivity contribution is -0.383. The fourth-order valence-corrected chi connectivity index (χ4v) is 3.57. The molecule has 0 saturated carbocycles. The van der Waals surface area contributed by atoms with Gasteiger partial charge in [-0.15, -0.1) is 0 Å². The highest BCUT2D eigenvalue weighted by molar-refractivity contribution is 5.75. The van der Waals surface area contributed by atoms with Crippen molar-refractivity contribution in [3.05, 3.63) is 62.7 Å². The van der Waals surface area contributed by atoms with Crippen LogP contribution in [0.2, 0.25) is 0 Å². The highest BCUT2D eigenvalue weighted by Gasteiger charge is 2.38. The Hall–Kier alpha value is -3.24. The molecule has 9 nitrogen and oxygen atoms in total. The number of azide groups is 1. The second kappa shape index (κ2) is 9.71. The summed E-state index contributed by atoms with van der Waals surface area (Å²) in [6, 6.07) is 4.62. The van der Waals surface area contributed by atoms with E-state index in [1.54, 1.807) is 18.2 Å². The zero-order chi connectivity index (χ0) is 22.4. The lowest BCUT2D eigenvalue weighted by Crippen LogP contribution is -2.47. The summed E-state index contributed by atoms with van der Waals surface area (Å²) in [4.78, 5) is 17.5. The Balaban J connectivity index is 1.54. The molecule has 1 atom stereocenters. The van der Waals surface area contributed by atoms with Crippen molar-refractivity contribution >= 4 is 17.1 Å². The average Bonchev–Trinajstić information content (AvgIpc) is 2.74. The first-order valence-electron chi connectivity index (χ1n) is 9.67. The van der Waals surface area contributed by atoms with Gasteiger partial charge in [-0.05, 0) is 36.2 Å². The van der Waals surface area contributed by atoms with Gasteiger partial charge < -0.3 is 9.64 Å². The van der Waals surface area contributed by atoms with Crippen LogP contribution in [0.1, 0.15) is 6.42 Å². The number of para-hydroxylation sites is 1. The topological polar surface area (TPSA) is 108 Å². The summed E-state index contributed by atoms with van der Waals surface area (Å²) in [5.41, 5.74) is 8.76. The van der Waals surface area contributed by atoms with Crippen LogP contribution in [0.4, 0.5) is 30.2 Å². The minimum absolute atomic E-state index is 0.0354. The van der Waals surface area contributed by atoms with E-state index in [1.807, 2.05) is 4.90 Å². The Bertz CT molecular complexity index is 919. The van der Waals surface area contributed by atoms with Gasteiger partial charge in [0.05, 0.1) is 10.8 Å². The van der Waals surface area contributed by atoms with Crippen LogP contribution in [0.3, 0.4) is 0 Å². The van der Waals surface area contributed by atoms with Crippen molar-refractivity contribution in [2.45, 2.75) is 12.6 Å². The summed E-state index contributed by atoms with van der Waals surface area (Å²) < 4.78 is 44.0. The van der Waals surface area contributed by atoms with Gasteiger partial charge in [0.15, 0.2) is 0 Å². The molecule has 1 heterocycles. The highest BCUT2D eigenvalue weighted by Crippen LogP contribution is 2.38. The molecule has 0 radical (unpaired) electrons. The van der Waals surface area contributed by atoms with E-state index < -0.39 is 17.0 Å². The van der Waals surface area contributed by atoms with Gasteiger partial charge in [-0.3, -0.25) is 15.0 Å². The average molecular weight is 438 g/mol. The van der Waals surface area contributed by atoms with Gasteiger partial charge in [0.25, 0.3) is 0 Å². The molecular formula is C19H21F3N6O3. The summed E-state index contributed by atoms with van der Waals surface area (Å²) in [6.07, 6.45) is -0.243. The molecule has 0 amide bonds. The van der Waals surface area contributed by atoms with E-state index in [4.69, 9.17) is 10.3 Å². The van der Waals surface area contributed by atoms with Crippen molar-refractivity contribution in [3.8, 4) is 0 Å². The summed E-state index contributed by atoms with van der Waals surface area (Å²) >= 11 is 0. The number of piperazine rings is 1. The smallest absolute Gasteiger partial charge is 0.395 e. The number of hydrogen-bond donors (Lipinski definition) is 0. The second-order valence-corrected chi connectivity index (χ2v) is 7.12. The Morgan fingerprint density at radius 1 is 1.29 bits per heavy atom. The monoisotopic (exact) mass is 438 g/mol. The number of allylic oxidation sites excluding steroid dienone is 3. The maximum absolute atomic E-state index is 12.8. The van der Waals surface area contributed by atoms with Crippen LogP contribution >= 0.6 is 0 Å². The zero-order valence-electron chi connectivity index (χ0n) is 16.5. The van der Waals surface area contributed by atoms with E-state index >= 15 is 0 Å². The quantitative estimate of drug-likeness (QED) is 0.202. The molecular weight excluding hydrogens is 417 g/mol. The third-order valence-corrected chi connectivity index (χ3v) is 5.18. The molecule has 1 aliphatic carbocycles. The Morgan fingerprint density at radius 3 is 2.68 bits per heavy atom. The largest absolute Gasteiger partial charge is 0.493 e. The molecule has 1 aliphatic heterocycles. The van der Waals surface area contributed by atoms with Crippen molar-refractivity contribution in [1.29, 1.82) is 0 Å². The Kier molecular flexibility index (Phi) is 7.03. The molecule has 1 aromatic carbocycles. The number of hydrogen-bond acceptors (Lipinski definition) is 6. The molecule has 1 saturated heterocycles. The van der Waals surface area contributed by atoms with E-state index in [9.17, 15) is 23.3 Å². The molecule has 1 fully saturated rings. The van der Waals surface area contributed by atoms with E-state index in [0.717, 1.165) is 6.08 Å². The number of nitro groups is 1. The molecule has 0 N–H and O–H groups in total. The number of rotatable bonds is 7. The number of ether oxygens (including phenoxy) is 1. The third-order valence-electron chi connectivity index (χ3n) is 5.18. The zero-order valence-corrected chi connectivity index (χ0v) is 16.5. The van der Waals surface area contributed by atoms with Crippen molar-refractivity contribution < 1.29 is 22.8 Å². The predicted octanol–water partition coefficient (Wildman–Crippen LogP) is 4.70. The summed E-state index contributed by atoms with van der Waals surface area (Å²) in [7, 11) is 0. The minimum Gasteiger partial charge on any atom is -0.493 e. The van der Waals surface area contributed by atoms with E-state index in [1.165, 1.54) is 12.1 Å². The van der Waals surface area contributed by atoms with Crippen LogP contribution in [0.5, 0.6) is 0 Å². The van der Waals surface area contributed by atoms with E-state index in [0.29, 0.717) is 38.4 Å². The molecule has 166 valence electrons. The first kappa shape index (κ1) is 22.4. The van der Waals surface area contributed by atoms with Gasteiger partial charge in [-0.2, -0.15) is 13.2 Å². The van der Waals surface area contributed by atoms with Crippen LogP contribution in [0.25, 0.3) is 10.4 Å². The van der Waals surface area contributed by atoms with Crippen LogP contribution in [0.15, 0.2) is 47.3 Å². The van der Waals surface area contributed by atoms with Gasteiger partial charge in [0.1, 0.15) is 23.7 Å². The SMILES string of the molecule is [N-]=[N+]=Nc1cccc(N2CCN(CCOC3=CC(C(F)(F)F)CC=C3)CC2)c1[N+](=O)[O-]. The normalized spacial score (nSPS) is 19.5. The number of anilines is 1. The molecule has 0 bridgehead atoms. The molecule has 1 unspecified atom stereocenters. The van der Waals surface area contributed by atoms with Crippen LogP contribution in [-0.4, -0.2) is 55.3 Å². The molecule has 12 heteroatoms. The van der Waals surface area contributed by atoms with Crippen LogP contribution in [0, 0.1) is 16.0 Å². The number of halogens is 3. The number of nitrogens with zero attached hydrogens (tertiary/aromatic N) is 6. The lowest BCUT2D eigenvalue weighted by atomic mass is 9.99. The summed E-state index contributed by atoms with van der Waals surface area (Å²) in [5.74, 6) is -1.30. The molecule has 2 aliphatic rings. The van der Waals surface area contributed by atoms with E-state index in [-0.39, 0.29) is 30.2 Å². The van der Waals surface area contributed by atoms with Crippen molar-refractivity contribution in [2.24, 2.45) is 11.0 Å². The fourth-order valence-electron chi connectivity index (χ4n) is 3.57.